The predicted octanol–water partition coefficient (Wildman–Crippen LogP) is 2.24. The summed E-state index contributed by atoms with van der Waals surface area (Å²) in [5.41, 5.74) is -0.896. The molecule has 0 saturated carbocycles. The lowest BCUT2D eigenvalue weighted by Gasteiger charge is -2.26. The second-order valence-corrected chi connectivity index (χ2v) is 5.98. The van der Waals surface area contributed by atoms with E-state index in [0.29, 0.717) is 0 Å². The van der Waals surface area contributed by atoms with Crippen LogP contribution in [0.1, 0.15) is 48.5 Å². The van der Waals surface area contributed by atoms with Crippen molar-refractivity contribution in [1.82, 2.24) is 0 Å². The van der Waals surface area contributed by atoms with Gasteiger partial charge in [-0.3, -0.25) is 4.89 Å². The monoisotopic (exact) mass is 246 g/mol. The van der Waals surface area contributed by atoms with Crippen LogP contribution >= 0.6 is 0 Å². The number of hydrogen-bond donors (Lipinski definition) is 0. The van der Waals surface area contributed by atoms with Gasteiger partial charge in [-0.2, -0.15) is 4.89 Å². The van der Waals surface area contributed by atoms with Crippen LogP contribution in [0.15, 0.2) is 0 Å². The van der Waals surface area contributed by atoms with Crippen LogP contribution in [-0.4, -0.2) is 23.6 Å². The fourth-order valence-corrected chi connectivity index (χ4v) is 0.582. The molecule has 0 rings (SSSR count). The average molecular weight is 246 g/mol. The second kappa shape index (κ2) is 5.49. The summed E-state index contributed by atoms with van der Waals surface area (Å²) in [7, 11) is 0. The van der Waals surface area contributed by atoms with E-state index in [2.05, 4.69) is 4.89 Å². The van der Waals surface area contributed by atoms with E-state index >= 15 is 0 Å². The molecular weight excluding hydrogens is 224 g/mol. The van der Waals surface area contributed by atoms with Crippen LogP contribution in [0.25, 0.3) is 0 Å². The number of esters is 1. The van der Waals surface area contributed by atoms with Crippen LogP contribution in [0.3, 0.4) is 0 Å². The van der Waals surface area contributed by atoms with Gasteiger partial charge in [0, 0.05) is 0 Å². The Morgan fingerprint density at radius 2 is 1.41 bits per heavy atom. The van der Waals surface area contributed by atoms with Gasteiger partial charge in [-0.25, -0.2) is 9.59 Å². The molecule has 0 bridgehead atoms. The molecule has 0 unspecified atom stereocenters. The Labute approximate surface area is 102 Å². The fraction of sp³-hybridized carbons (Fsp3) is 0.833. The maximum absolute atomic E-state index is 11.3. The minimum atomic E-state index is -1.14. The molecule has 0 heterocycles. The Kier molecular flexibility index (Phi) is 5.13. The maximum Gasteiger partial charge on any atom is 0.449 e. The van der Waals surface area contributed by atoms with Crippen molar-refractivity contribution >= 4 is 11.9 Å². The standard InChI is InChI=1S/C12H22O5/c1-8(11(2,3)4)15-9(13)10(14)16-17-12(5,6)7/h8H,1-7H3/t8-/m0/s1. The SMILES string of the molecule is C[C@H](OC(=O)C(=O)OOC(C)(C)C)C(C)(C)C. The van der Waals surface area contributed by atoms with E-state index in [4.69, 9.17) is 9.62 Å². The van der Waals surface area contributed by atoms with E-state index < -0.39 is 23.6 Å². The predicted molar refractivity (Wildman–Crippen MR) is 61.9 cm³/mol. The van der Waals surface area contributed by atoms with Gasteiger partial charge in [-0.15, -0.1) is 0 Å². The maximum atomic E-state index is 11.3. The molecular formula is C12H22O5. The van der Waals surface area contributed by atoms with Gasteiger partial charge in [-0.05, 0) is 33.1 Å². The zero-order valence-corrected chi connectivity index (χ0v) is 11.6. The Morgan fingerprint density at radius 3 is 1.76 bits per heavy atom. The third kappa shape index (κ3) is 6.94. The first-order valence-corrected chi connectivity index (χ1v) is 5.54. The number of hydrogen-bond acceptors (Lipinski definition) is 5. The van der Waals surface area contributed by atoms with Gasteiger partial charge in [0.2, 0.25) is 0 Å². The Balaban J connectivity index is 4.21. The van der Waals surface area contributed by atoms with Crippen LogP contribution in [0.2, 0.25) is 0 Å². The van der Waals surface area contributed by atoms with E-state index in [1.165, 1.54) is 0 Å². The highest BCUT2D eigenvalue weighted by atomic mass is 17.2. The van der Waals surface area contributed by atoms with Crippen molar-refractivity contribution in [2.45, 2.75) is 60.2 Å². The minimum Gasteiger partial charge on any atom is -0.454 e. The molecule has 5 nitrogen and oxygen atoms in total. The van der Waals surface area contributed by atoms with Crippen LogP contribution in [0.4, 0.5) is 0 Å². The first-order chi connectivity index (χ1) is 7.43. The highest BCUT2D eigenvalue weighted by Gasteiger charge is 2.29. The summed E-state index contributed by atoms with van der Waals surface area (Å²) in [5.74, 6) is -2.19. The van der Waals surface area contributed by atoms with Crippen molar-refractivity contribution in [3.05, 3.63) is 0 Å². The summed E-state index contributed by atoms with van der Waals surface area (Å²) < 4.78 is 4.95. The molecule has 1 atom stereocenters. The van der Waals surface area contributed by atoms with E-state index in [0.717, 1.165) is 0 Å². The van der Waals surface area contributed by atoms with Gasteiger partial charge < -0.3 is 4.74 Å². The lowest BCUT2D eigenvalue weighted by atomic mass is 9.90. The molecule has 0 radical (unpaired) electrons. The second-order valence-electron chi connectivity index (χ2n) is 5.98. The smallest absolute Gasteiger partial charge is 0.449 e. The van der Waals surface area contributed by atoms with Crippen molar-refractivity contribution in [3.8, 4) is 0 Å². The zero-order valence-electron chi connectivity index (χ0n) is 11.6. The van der Waals surface area contributed by atoms with Crippen LogP contribution in [0, 0.1) is 5.41 Å². The lowest BCUT2D eigenvalue weighted by molar-refractivity contribution is -0.319. The van der Waals surface area contributed by atoms with Gasteiger partial charge in [0.1, 0.15) is 11.7 Å². The highest BCUT2D eigenvalue weighted by molar-refractivity contribution is 6.29. The first-order valence-electron chi connectivity index (χ1n) is 5.54. The van der Waals surface area contributed by atoms with Crippen molar-refractivity contribution in [2.75, 3.05) is 0 Å². The van der Waals surface area contributed by atoms with Gasteiger partial charge in [-0.1, -0.05) is 20.8 Å². The molecule has 0 fully saturated rings. The zero-order chi connectivity index (χ0) is 13.9. The van der Waals surface area contributed by atoms with E-state index in [-0.39, 0.29) is 5.41 Å². The topological polar surface area (TPSA) is 61.8 Å². The molecule has 5 heteroatoms. The van der Waals surface area contributed by atoms with Gasteiger partial charge >= 0.3 is 11.9 Å². The summed E-state index contributed by atoms with van der Waals surface area (Å²) in [6.07, 6.45) is -0.391. The molecule has 0 saturated heterocycles. The molecule has 0 aromatic rings. The third-order valence-corrected chi connectivity index (χ3v) is 2.04. The van der Waals surface area contributed by atoms with Crippen molar-refractivity contribution in [1.29, 1.82) is 0 Å². The number of carbonyl (C=O) groups excluding carboxylic acids is 2. The molecule has 0 N–H and O–H groups in total. The Morgan fingerprint density at radius 1 is 0.941 bits per heavy atom. The lowest BCUT2D eigenvalue weighted by Crippen LogP contribution is -2.33. The molecule has 100 valence electrons. The minimum absolute atomic E-state index is 0.235. The van der Waals surface area contributed by atoms with E-state index in [1.54, 1.807) is 27.7 Å². The van der Waals surface area contributed by atoms with Gasteiger partial charge in [0.15, 0.2) is 0 Å². The molecule has 0 aliphatic rings. The van der Waals surface area contributed by atoms with E-state index in [9.17, 15) is 9.59 Å². The summed E-state index contributed by atoms with van der Waals surface area (Å²) in [6, 6.07) is 0. The summed E-state index contributed by atoms with van der Waals surface area (Å²) >= 11 is 0. The Bertz CT molecular complexity index is 282. The molecule has 0 aromatic heterocycles. The summed E-state index contributed by atoms with van der Waals surface area (Å²) in [6.45, 7) is 12.5. The summed E-state index contributed by atoms with van der Waals surface area (Å²) in [4.78, 5) is 31.7. The average Bonchev–Trinajstić information content (AvgIpc) is 2.11. The van der Waals surface area contributed by atoms with Crippen molar-refractivity contribution in [2.24, 2.45) is 5.41 Å². The van der Waals surface area contributed by atoms with Gasteiger partial charge in [0.05, 0.1) is 0 Å². The van der Waals surface area contributed by atoms with Crippen molar-refractivity contribution in [3.63, 3.8) is 0 Å². The number of ether oxygens (including phenoxy) is 1. The first kappa shape index (κ1) is 15.9. The molecule has 17 heavy (non-hydrogen) atoms. The Hall–Kier alpha value is -1.10. The van der Waals surface area contributed by atoms with Crippen LogP contribution < -0.4 is 0 Å². The van der Waals surface area contributed by atoms with E-state index in [1.807, 2.05) is 20.8 Å². The molecule has 0 aromatic carbocycles. The highest BCUT2D eigenvalue weighted by Crippen LogP contribution is 2.21. The normalized spacial score (nSPS) is 14.1. The van der Waals surface area contributed by atoms with Crippen LogP contribution in [0.5, 0.6) is 0 Å². The van der Waals surface area contributed by atoms with Crippen LogP contribution in [-0.2, 0) is 24.1 Å². The fourth-order valence-electron chi connectivity index (χ4n) is 0.582. The molecule has 0 amide bonds. The van der Waals surface area contributed by atoms with Crippen molar-refractivity contribution < 1.29 is 24.1 Å². The largest absolute Gasteiger partial charge is 0.454 e. The van der Waals surface area contributed by atoms with Gasteiger partial charge in [0.25, 0.3) is 0 Å². The summed E-state index contributed by atoms with van der Waals surface area (Å²) in [5, 5.41) is 0. The molecule has 0 spiro atoms. The molecule has 0 aliphatic carbocycles. The number of rotatable bonds is 2. The number of carbonyl (C=O) groups is 2. The third-order valence-electron chi connectivity index (χ3n) is 2.04. The quantitative estimate of drug-likeness (QED) is 0.323. The molecule has 0 aliphatic heterocycles.